The Labute approximate surface area is 145 Å². The van der Waals surface area contributed by atoms with Crippen LogP contribution in [0.15, 0.2) is 83.5 Å². The van der Waals surface area contributed by atoms with Gasteiger partial charge in [-0.15, -0.1) is 0 Å². The zero-order valence-corrected chi connectivity index (χ0v) is 14.5. The molecule has 0 bridgehead atoms. The fourth-order valence-electron chi connectivity index (χ4n) is 2.60. The fourth-order valence-corrected chi connectivity index (χ4v) is 2.98. The highest BCUT2D eigenvalue weighted by Crippen LogP contribution is 2.18. The van der Waals surface area contributed by atoms with Crippen LogP contribution in [0.1, 0.15) is 16.8 Å². The van der Waals surface area contributed by atoms with E-state index >= 15 is 0 Å². The first-order valence-corrected chi connectivity index (χ1v) is 8.50. The monoisotopic (exact) mass is 366 g/mol. The van der Waals surface area contributed by atoms with Gasteiger partial charge in [0.1, 0.15) is 0 Å². The Morgan fingerprint density at radius 1 is 0.696 bits per heavy atom. The maximum atomic E-state index is 4.51. The number of hydrogen-bond acceptors (Lipinski definition) is 2. The van der Waals surface area contributed by atoms with E-state index in [0.29, 0.717) is 0 Å². The molecule has 0 spiro atoms. The molecule has 2 aromatic carbocycles. The van der Waals surface area contributed by atoms with Gasteiger partial charge in [0.2, 0.25) is 0 Å². The maximum absolute atomic E-state index is 4.51. The molecule has 0 aliphatic rings. The van der Waals surface area contributed by atoms with Crippen LogP contribution in [0.3, 0.4) is 0 Å². The molecule has 116 valence electrons. The van der Waals surface area contributed by atoms with Gasteiger partial charge in [-0.1, -0.05) is 60.7 Å². The van der Waals surface area contributed by atoms with Gasteiger partial charge in [0, 0.05) is 30.3 Å². The Hall–Kier alpha value is -1.97. The lowest BCUT2D eigenvalue weighted by Crippen LogP contribution is -2.23. The van der Waals surface area contributed by atoms with E-state index < -0.39 is 0 Å². The van der Waals surface area contributed by atoms with Crippen molar-refractivity contribution in [2.75, 3.05) is 0 Å². The van der Waals surface area contributed by atoms with Crippen LogP contribution in [0, 0.1) is 0 Å². The van der Waals surface area contributed by atoms with Crippen LogP contribution in [0.5, 0.6) is 0 Å². The summed E-state index contributed by atoms with van der Waals surface area (Å²) in [6, 6.07) is 25.2. The molecule has 2 nitrogen and oxygen atoms in total. The van der Waals surface area contributed by atoms with Gasteiger partial charge in [-0.25, -0.2) is 0 Å². The molecule has 1 aromatic heterocycles. The van der Waals surface area contributed by atoms with Crippen molar-refractivity contribution in [3.05, 3.63) is 100 Å². The number of rotatable bonds is 6. The van der Waals surface area contributed by atoms with Crippen LogP contribution in [-0.4, -0.2) is 9.88 Å². The minimum atomic E-state index is 0.811. The van der Waals surface area contributed by atoms with Crippen LogP contribution in [0.25, 0.3) is 0 Å². The molecule has 0 aliphatic carbocycles. The van der Waals surface area contributed by atoms with Gasteiger partial charge in [0.05, 0.1) is 5.69 Å². The van der Waals surface area contributed by atoms with Crippen molar-refractivity contribution >= 4 is 15.9 Å². The normalized spacial score (nSPS) is 10.9. The van der Waals surface area contributed by atoms with E-state index in [9.17, 15) is 0 Å². The average Bonchev–Trinajstić information content (AvgIpc) is 2.59. The molecule has 3 rings (SSSR count). The molecule has 0 saturated heterocycles. The van der Waals surface area contributed by atoms with Crippen molar-refractivity contribution in [3.63, 3.8) is 0 Å². The highest BCUT2D eigenvalue weighted by molar-refractivity contribution is 9.10. The molecule has 0 unspecified atom stereocenters. The number of benzene rings is 2. The zero-order chi connectivity index (χ0) is 15.9. The first-order valence-electron chi connectivity index (χ1n) is 7.71. The van der Waals surface area contributed by atoms with E-state index in [-0.39, 0.29) is 0 Å². The molecule has 0 N–H and O–H groups in total. The van der Waals surface area contributed by atoms with Gasteiger partial charge in [-0.2, -0.15) is 0 Å². The van der Waals surface area contributed by atoms with Gasteiger partial charge >= 0.3 is 0 Å². The molecule has 3 heteroatoms. The molecule has 0 radical (unpaired) electrons. The van der Waals surface area contributed by atoms with Crippen molar-refractivity contribution in [1.82, 2.24) is 9.88 Å². The standard InChI is InChI=1S/C20H19BrN2/c21-19-12-7-13-22-20(19)16-23(14-17-8-3-1-4-9-17)15-18-10-5-2-6-11-18/h1-13H,14-16H2. The average molecular weight is 367 g/mol. The summed E-state index contributed by atoms with van der Waals surface area (Å²) in [6.07, 6.45) is 1.85. The first-order chi connectivity index (χ1) is 11.3. The van der Waals surface area contributed by atoms with Gasteiger partial charge in [-0.3, -0.25) is 9.88 Å². The van der Waals surface area contributed by atoms with Gasteiger partial charge in [-0.05, 0) is 39.2 Å². The van der Waals surface area contributed by atoms with E-state index in [2.05, 4.69) is 86.5 Å². The summed E-state index contributed by atoms with van der Waals surface area (Å²) in [6.45, 7) is 2.61. The van der Waals surface area contributed by atoms with Crippen molar-refractivity contribution < 1.29 is 0 Å². The summed E-state index contributed by atoms with van der Waals surface area (Å²) in [5.41, 5.74) is 3.70. The Balaban J connectivity index is 1.79. The maximum Gasteiger partial charge on any atom is 0.0685 e. The minimum absolute atomic E-state index is 0.811. The van der Waals surface area contributed by atoms with E-state index in [1.165, 1.54) is 11.1 Å². The molecule has 0 saturated carbocycles. The van der Waals surface area contributed by atoms with Crippen molar-refractivity contribution in [2.24, 2.45) is 0 Å². The summed E-state index contributed by atoms with van der Waals surface area (Å²) >= 11 is 3.61. The molecular formula is C20H19BrN2. The number of halogens is 1. The fraction of sp³-hybridized carbons (Fsp3) is 0.150. The van der Waals surface area contributed by atoms with Crippen LogP contribution in [-0.2, 0) is 19.6 Å². The summed E-state index contributed by atoms with van der Waals surface area (Å²) in [5.74, 6) is 0. The highest BCUT2D eigenvalue weighted by atomic mass is 79.9. The van der Waals surface area contributed by atoms with E-state index in [1.54, 1.807) is 0 Å². The van der Waals surface area contributed by atoms with Crippen molar-refractivity contribution in [3.8, 4) is 0 Å². The van der Waals surface area contributed by atoms with E-state index in [1.807, 2.05) is 18.3 Å². The third-order valence-electron chi connectivity index (χ3n) is 3.71. The summed E-state index contributed by atoms with van der Waals surface area (Å²) in [7, 11) is 0. The topological polar surface area (TPSA) is 16.1 Å². The summed E-state index contributed by atoms with van der Waals surface area (Å²) < 4.78 is 1.06. The second-order valence-electron chi connectivity index (χ2n) is 5.55. The molecule has 0 fully saturated rings. The third-order valence-corrected chi connectivity index (χ3v) is 4.43. The van der Waals surface area contributed by atoms with Crippen LogP contribution in [0.2, 0.25) is 0 Å². The molecule has 0 atom stereocenters. The van der Waals surface area contributed by atoms with Crippen LogP contribution >= 0.6 is 15.9 Å². The molecule has 23 heavy (non-hydrogen) atoms. The predicted octanol–water partition coefficient (Wildman–Crippen LogP) is 5.05. The van der Waals surface area contributed by atoms with Crippen LogP contribution in [0.4, 0.5) is 0 Å². The third kappa shape index (κ3) is 4.75. The molecule has 3 aromatic rings. The van der Waals surface area contributed by atoms with E-state index in [4.69, 9.17) is 0 Å². The number of hydrogen-bond donors (Lipinski definition) is 0. The second-order valence-corrected chi connectivity index (χ2v) is 6.40. The number of nitrogens with zero attached hydrogens (tertiary/aromatic N) is 2. The quantitative estimate of drug-likeness (QED) is 0.606. The lowest BCUT2D eigenvalue weighted by atomic mass is 10.1. The summed E-state index contributed by atoms with van der Waals surface area (Å²) in [4.78, 5) is 6.93. The lowest BCUT2D eigenvalue weighted by molar-refractivity contribution is 0.244. The summed E-state index contributed by atoms with van der Waals surface area (Å²) in [5, 5.41) is 0. The van der Waals surface area contributed by atoms with Gasteiger partial charge in [0.25, 0.3) is 0 Å². The van der Waals surface area contributed by atoms with Crippen LogP contribution < -0.4 is 0 Å². The highest BCUT2D eigenvalue weighted by Gasteiger charge is 2.11. The van der Waals surface area contributed by atoms with E-state index in [0.717, 1.165) is 29.8 Å². The van der Waals surface area contributed by atoms with Crippen molar-refractivity contribution in [2.45, 2.75) is 19.6 Å². The number of pyridine rings is 1. The Bertz CT molecular complexity index is 687. The number of aromatic nitrogens is 1. The zero-order valence-electron chi connectivity index (χ0n) is 12.9. The second kappa shape index (κ2) is 8.04. The van der Waals surface area contributed by atoms with Gasteiger partial charge in [0.15, 0.2) is 0 Å². The molecule has 0 amide bonds. The molecular weight excluding hydrogens is 348 g/mol. The SMILES string of the molecule is Brc1cccnc1CN(Cc1ccccc1)Cc1ccccc1. The Morgan fingerprint density at radius 2 is 1.26 bits per heavy atom. The predicted molar refractivity (Wildman–Crippen MR) is 97.8 cm³/mol. The Morgan fingerprint density at radius 3 is 1.78 bits per heavy atom. The van der Waals surface area contributed by atoms with Gasteiger partial charge < -0.3 is 0 Å². The minimum Gasteiger partial charge on any atom is -0.289 e. The smallest absolute Gasteiger partial charge is 0.0685 e. The Kier molecular flexibility index (Phi) is 5.56. The van der Waals surface area contributed by atoms with Crippen molar-refractivity contribution in [1.29, 1.82) is 0 Å². The molecule has 0 aliphatic heterocycles. The lowest BCUT2D eigenvalue weighted by Gasteiger charge is -2.23. The first kappa shape index (κ1) is 15.9. The molecule has 1 heterocycles. The largest absolute Gasteiger partial charge is 0.289 e.